The summed E-state index contributed by atoms with van der Waals surface area (Å²) in [5.74, 6) is 1.11. The van der Waals surface area contributed by atoms with Gasteiger partial charge in [0.15, 0.2) is 10.4 Å². The highest BCUT2D eigenvalue weighted by molar-refractivity contribution is 7.99. The van der Waals surface area contributed by atoms with Crippen LogP contribution >= 0.6 is 23.4 Å². The van der Waals surface area contributed by atoms with Crippen molar-refractivity contribution in [3.8, 4) is 0 Å². The van der Waals surface area contributed by atoms with Crippen molar-refractivity contribution in [1.82, 2.24) is 29.3 Å². The van der Waals surface area contributed by atoms with Gasteiger partial charge in [-0.2, -0.15) is 0 Å². The Morgan fingerprint density at radius 3 is 2.82 bits per heavy atom. The molecular weight excluding hydrogens is 540 g/mol. The van der Waals surface area contributed by atoms with Gasteiger partial charge in [-0.3, -0.25) is 0 Å². The molecule has 0 radical (unpaired) electrons. The fraction of sp³-hybridized carbons (Fsp3) is 0.385. The number of nitrogens with zero attached hydrogens (tertiary/aromatic N) is 6. The fourth-order valence-corrected chi connectivity index (χ4v) is 8.68. The molecule has 196 valence electrons. The number of nitrogens with two attached hydrogens (primary N) is 1. The van der Waals surface area contributed by atoms with E-state index < -0.39 is 16.1 Å². The summed E-state index contributed by atoms with van der Waals surface area (Å²) in [5, 5.41) is 8.98. The number of fused-ring (bicyclic) bond motifs is 2. The van der Waals surface area contributed by atoms with Gasteiger partial charge in [-0.15, -0.1) is 14.9 Å². The van der Waals surface area contributed by atoms with Crippen LogP contribution in [0.4, 0.5) is 11.8 Å². The van der Waals surface area contributed by atoms with E-state index in [1.807, 2.05) is 16.7 Å². The van der Waals surface area contributed by atoms with Crippen molar-refractivity contribution in [3.63, 3.8) is 0 Å². The normalized spacial score (nSPS) is 23.2. The molecule has 12 heteroatoms. The maximum Gasteiger partial charge on any atom is 0.212 e. The van der Waals surface area contributed by atoms with Gasteiger partial charge >= 0.3 is 0 Å². The van der Waals surface area contributed by atoms with E-state index in [1.54, 1.807) is 12.5 Å². The minimum absolute atomic E-state index is 0.0429. The lowest BCUT2D eigenvalue weighted by Gasteiger charge is -2.46. The number of nitrogen functional groups attached to an aromatic ring is 1. The third-order valence-electron chi connectivity index (χ3n) is 8.40. The average molecular weight is 567 g/mol. The Morgan fingerprint density at radius 2 is 2.00 bits per heavy atom. The molecular formula is C26H27ClN8OS2. The smallest absolute Gasteiger partial charge is 0.212 e. The fourth-order valence-electron chi connectivity index (χ4n) is 6.31. The number of hydrogen-bond acceptors (Lipinski definition) is 9. The van der Waals surface area contributed by atoms with Crippen molar-refractivity contribution >= 4 is 52.1 Å². The molecule has 9 nitrogen and oxygen atoms in total. The van der Waals surface area contributed by atoms with Gasteiger partial charge in [0.25, 0.3) is 0 Å². The monoisotopic (exact) mass is 566 g/mol. The first-order chi connectivity index (χ1) is 18.3. The van der Waals surface area contributed by atoms with Crippen molar-refractivity contribution in [3.05, 3.63) is 64.7 Å². The number of piperidine rings is 1. The summed E-state index contributed by atoms with van der Waals surface area (Å²) in [6, 6.07) is 8.48. The minimum Gasteiger partial charge on any atom is -0.597 e. The summed E-state index contributed by atoms with van der Waals surface area (Å²) < 4.78 is 18.3. The predicted octanol–water partition coefficient (Wildman–Crippen LogP) is 4.29. The van der Waals surface area contributed by atoms with Crippen molar-refractivity contribution in [2.45, 2.75) is 53.7 Å². The zero-order chi connectivity index (χ0) is 26.2. The van der Waals surface area contributed by atoms with Crippen molar-refractivity contribution in [2.24, 2.45) is 5.41 Å². The van der Waals surface area contributed by atoms with Gasteiger partial charge in [-0.1, -0.05) is 41.6 Å². The second-order valence-corrected chi connectivity index (χ2v) is 14.0. The number of nitrogens with one attached hydrogen (secondary N) is 1. The van der Waals surface area contributed by atoms with E-state index in [-0.39, 0.29) is 11.5 Å². The SMILES string of the molecule is CC1(C)c2cccc3c2[C@@H](N[S@+]1[O-])C1(CCN(c2ncc(Sc4ccnc(N)c4Cl)c4nncn24)CC1)C3. The maximum atomic E-state index is 13.2. The number of benzene rings is 1. The first-order valence-electron chi connectivity index (χ1n) is 12.6. The number of halogens is 1. The molecule has 1 spiro atoms. The molecule has 1 saturated heterocycles. The molecule has 3 N–H and O–H groups in total. The number of pyridine rings is 1. The zero-order valence-corrected chi connectivity index (χ0v) is 23.4. The predicted molar refractivity (Wildman–Crippen MR) is 150 cm³/mol. The van der Waals surface area contributed by atoms with Crippen LogP contribution in [0.1, 0.15) is 49.4 Å². The van der Waals surface area contributed by atoms with Crippen LogP contribution < -0.4 is 15.4 Å². The van der Waals surface area contributed by atoms with Crippen LogP contribution in [0, 0.1) is 5.41 Å². The van der Waals surface area contributed by atoms with E-state index in [4.69, 9.17) is 22.3 Å². The van der Waals surface area contributed by atoms with Gasteiger partial charge < -0.3 is 15.2 Å². The van der Waals surface area contributed by atoms with E-state index >= 15 is 0 Å². The standard InChI is InChI=1S/C26H27ClN8OS2/c1-25(2)16-5-3-4-15-12-26(21(19(15)16)33-38(25)36)7-10-34(11-8-26)24-30-13-18(23-32-31-14-35(23)24)37-17-6-9-29-22(28)20(17)27/h3-6,9,13-14,21,33H,7-8,10-12H2,1-2H3,(H2,28,29)/t21-,38-/m1/s1. The molecule has 7 rings (SSSR count). The Kier molecular flexibility index (Phi) is 5.61. The van der Waals surface area contributed by atoms with E-state index in [2.05, 4.69) is 56.8 Å². The highest BCUT2D eigenvalue weighted by Gasteiger charge is 2.56. The Balaban J connectivity index is 1.16. The molecule has 1 aliphatic carbocycles. The molecule has 2 aliphatic heterocycles. The lowest BCUT2D eigenvalue weighted by molar-refractivity contribution is 0.172. The molecule has 0 bridgehead atoms. The Hall–Kier alpha value is -2.57. The number of anilines is 2. The molecule has 5 heterocycles. The van der Waals surface area contributed by atoms with Crippen LogP contribution in [0.15, 0.2) is 52.8 Å². The summed E-state index contributed by atoms with van der Waals surface area (Å²) in [6.45, 7) is 5.84. The molecule has 0 amide bonds. The topological polar surface area (TPSA) is 120 Å². The van der Waals surface area contributed by atoms with Gasteiger partial charge in [0.1, 0.15) is 12.1 Å². The van der Waals surface area contributed by atoms with E-state index in [9.17, 15) is 4.55 Å². The molecule has 2 atom stereocenters. The second-order valence-electron chi connectivity index (χ2n) is 10.8. The average Bonchev–Trinajstić information content (AvgIpc) is 3.51. The molecule has 0 unspecified atom stereocenters. The first kappa shape index (κ1) is 24.5. The van der Waals surface area contributed by atoms with Gasteiger partial charge in [0.2, 0.25) is 5.95 Å². The van der Waals surface area contributed by atoms with Crippen LogP contribution in [0.5, 0.6) is 0 Å². The lowest BCUT2D eigenvalue weighted by atomic mass is 9.72. The molecule has 3 aromatic heterocycles. The van der Waals surface area contributed by atoms with E-state index in [0.29, 0.717) is 10.8 Å². The summed E-state index contributed by atoms with van der Waals surface area (Å²) in [4.78, 5) is 12.8. The summed E-state index contributed by atoms with van der Waals surface area (Å²) in [7, 11) is 0. The van der Waals surface area contributed by atoms with Gasteiger partial charge in [-0.05, 0) is 50.3 Å². The van der Waals surface area contributed by atoms with E-state index in [1.165, 1.54) is 28.5 Å². The molecule has 1 fully saturated rings. The first-order valence-corrected chi connectivity index (χ1v) is 14.9. The largest absolute Gasteiger partial charge is 0.597 e. The summed E-state index contributed by atoms with van der Waals surface area (Å²) in [5.41, 5.74) is 10.7. The third kappa shape index (κ3) is 3.56. The van der Waals surface area contributed by atoms with Crippen molar-refractivity contribution in [2.75, 3.05) is 23.7 Å². The lowest BCUT2D eigenvalue weighted by Crippen LogP contribution is -2.53. The molecule has 3 aliphatic rings. The summed E-state index contributed by atoms with van der Waals surface area (Å²) in [6.07, 6.45) is 8.13. The molecule has 38 heavy (non-hydrogen) atoms. The van der Waals surface area contributed by atoms with Crippen LogP contribution in [0.3, 0.4) is 0 Å². The highest BCUT2D eigenvalue weighted by Crippen LogP contribution is 2.57. The summed E-state index contributed by atoms with van der Waals surface area (Å²) >= 11 is 6.68. The quantitative estimate of drug-likeness (QED) is 0.350. The van der Waals surface area contributed by atoms with Crippen LogP contribution in [-0.2, 0) is 22.5 Å². The van der Waals surface area contributed by atoms with Gasteiger partial charge in [0.05, 0.1) is 16.0 Å². The zero-order valence-electron chi connectivity index (χ0n) is 21.0. The van der Waals surface area contributed by atoms with Crippen molar-refractivity contribution in [1.29, 1.82) is 0 Å². The molecule has 4 aromatic rings. The van der Waals surface area contributed by atoms with Gasteiger partial charge in [-0.25, -0.2) is 14.4 Å². The number of aromatic nitrogens is 5. The molecule has 1 aromatic carbocycles. The van der Waals surface area contributed by atoms with Crippen LogP contribution in [0.2, 0.25) is 5.02 Å². The molecule has 0 saturated carbocycles. The number of rotatable bonds is 3. The van der Waals surface area contributed by atoms with Crippen LogP contribution in [0.25, 0.3) is 5.65 Å². The Bertz CT molecular complexity index is 1570. The van der Waals surface area contributed by atoms with Crippen molar-refractivity contribution < 1.29 is 4.55 Å². The van der Waals surface area contributed by atoms with Gasteiger partial charge in [0, 0.05) is 52.7 Å². The van der Waals surface area contributed by atoms with Crippen LogP contribution in [-0.4, -0.2) is 42.2 Å². The second kappa shape index (κ2) is 8.72. The number of hydrogen-bond donors (Lipinski definition) is 2. The maximum absolute atomic E-state index is 13.2. The Morgan fingerprint density at radius 1 is 1.18 bits per heavy atom. The van der Waals surface area contributed by atoms with E-state index in [0.717, 1.165) is 53.7 Å². The minimum atomic E-state index is -1.14. The Labute approximate surface area is 232 Å². The highest BCUT2D eigenvalue weighted by atomic mass is 35.5. The third-order valence-corrected chi connectivity index (χ3v) is 11.6.